The van der Waals surface area contributed by atoms with Crippen molar-refractivity contribution in [1.29, 1.82) is 0 Å². The number of methoxy groups -OCH3 is 1. The van der Waals surface area contributed by atoms with Crippen molar-refractivity contribution >= 4 is 11.7 Å². The van der Waals surface area contributed by atoms with Gasteiger partial charge >= 0.3 is 0 Å². The van der Waals surface area contributed by atoms with E-state index >= 15 is 0 Å². The fraction of sp³-hybridized carbons (Fsp3) is 0.387. The van der Waals surface area contributed by atoms with E-state index in [1.807, 2.05) is 45.9 Å². The Bertz CT molecular complexity index is 1450. The molecule has 1 unspecified atom stereocenters. The van der Waals surface area contributed by atoms with Crippen LogP contribution in [0.1, 0.15) is 80.2 Å². The first-order valence-corrected chi connectivity index (χ1v) is 13.6. The van der Waals surface area contributed by atoms with Gasteiger partial charge in [0.05, 0.1) is 42.3 Å². The predicted octanol–water partition coefficient (Wildman–Crippen LogP) is 6.12. The third-order valence-electron chi connectivity index (χ3n) is 8.21. The molecule has 0 fully saturated rings. The van der Waals surface area contributed by atoms with Gasteiger partial charge in [0.2, 0.25) is 0 Å². The monoisotopic (exact) mass is 526 g/mol. The van der Waals surface area contributed by atoms with Gasteiger partial charge in [0.15, 0.2) is 0 Å². The number of ether oxygens (including phenoxy) is 1. The second-order valence-electron chi connectivity index (χ2n) is 10.9. The van der Waals surface area contributed by atoms with Gasteiger partial charge in [-0.3, -0.25) is 4.79 Å². The number of aromatic nitrogens is 4. The van der Waals surface area contributed by atoms with Crippen LogP contribution in [0.5, 0.6) is 5.75 Å². The summed E-state index contributed by atoms with van der Waals surface area (Å²) in [5.41, 5.74) is 3.86. The molecule has 0 radical (unpaired) electrons. The predicted molar refractivity (Wildman–Crippen MR) is 154 cm³/mol. The maximum Gasteiger partial charge on any atom is 0.257 e. The molecule has 0 spiro atoms. The lowest BCUT2D eigenvalue weighted by atomic mass is 9.84. The zero-order valence-corrected chi connectivity index (χ0v) is 23.7. The summed E-state index contributed by atoms with van der Waals surface area (Å²) in [6, 6.07) is 18.3. The molecule has 4 aromatic rings. The van der Waals surface area contributed by atoms with Crippen LogP contribution in [-0.4, -0.2) is 32.6 Å². The maximum atomic E-state index is 14.0. The molecular formula is C31H38N6O2. The average molecular weight is 527 g/mol. The quantitative estimate of drug-likeness (QED) is 0.289. The minimum atomic E-state index is -0.580. The van der Waals surface area contributed by atoms with E-state index in [0.717, 1.165) is 47.8 Å². The SMILES string of the molecule is CCC(CC)(NC(=O)c1cnn2c1NC(c1ccccc1)CC2(C)C)c1cnn(-c2ccc(OC)cc2)c1C. The Morgan fingerprint density at radius 2 is 1.77 bits per heavy atom. The fourth-order valence-corrected chi connectivity index (χ4v) is 5.82. The summed E-state index contributed by atoms with van der Waals surface area (Å²) < 4.78 is 9.17. The van der Waals surface area contributed by atoms with Crippen molar-refractivity contribution < 1.29 is 9.53 Å². The molecule has 1 aliphatic heterocycles. The summed E-state index contributed by atoms with van der Waals surface area (Å²) in [7, 11) is 1.65. The van der Waals surface area contributed by atoms with Crippen molar-refractivity contribution in [3.05, 3.63) is 89.4 Å². The van der Waals surface area contributed by atoms with E-state index in [0.29, 0.717) is 5.56 Å². The zero-order valence-electron chi connectivity index (χ0n) is 23.7. The largest absolute Gasteiger partial charge is 0.497 e. The van der Waals surface area contributed by atoms with E-state index < -0.39 is 5.54 Å². The average Bonchev–Trinajstić information content (AvgIpc) is 3.57. The van der Waals surface area contributed by atoms with Gasteiger partial charge in [-0.25, -0.2) is 9.36 Å². The molecular weight excluding hydrogens is 488 g/mol. The highest BCUT2D eigenvalue weighted by atomic mass is 16.5. The van der Waals surface area contributed by atoms with E-state index in [1.54, 1.807) is 13.3 Å². The van der Waals surface area contributed by atoms with Gasteiger partial charge in [-0.05, 0) is 69.9 Å². The van der Waals surface area contributed by atoms with Gasteiger partial charge in [-0.1, -0.05) is 44.2 Å². The van der Waals surface area contributed by atoms with Crippen molar-refractivity contribution in [1.82, 2.24) is 24.9 Å². The lowest BCUT2D eigenvalue weighted by Crippen LogP contribution is -2.46. The molecule has 2 aromatic carbocycles. The summed E-state index contributed by atoms with van der Waals surface area (Å²) >= 11 is 0. The van der Waals surface area contributed by atoms with E-state index in [9.17, 15) is 4.79 Å². The van der Waals surface area contributed by atoms with Crippen LogP contribution in [0.25, 0.3) is 5.69 Å². The van der Waals surface area contributed by atoms with Crippen LogP contribution < -0.4 is 15.4 Å². The van der Waals surface area contributed by atoms with Crippen molar-refractivity contribution in [2.75, 3.05) is 12.4 Å². The first-order valence-electron chi connectivity index (χ1n) is 13.6. The molecule has 8 heteroatoms. The number of nitrogens with one attached hydrogen (secondary N) is 2. The number of hydrogen-bond acceptors (Lipinski definition) is 5. The third kappa shape index (κ3) is 4.68. The molecule has 2 N–H and O–H groups in total. The molecule has 1 amide bonds. The molecule has 2 aromatic heterocycles. The minimum Gasteiger partial charge on any atom is -0.497 e. The van der Waals surface area contributed by atoms with Crippen LogP contribution in [-0.2, 0) is 11.1 Å². The second kappa shape index (κ2) is 10.2. The van der Waals surface area contributed by atoms with Gasteiger partial charge in [-0.2, -0.15) is 10.2 Å². The highest BCUT2D eigenvalue weighted by Gasteiger charge is 2.39. The molecule has 0 saturated carbocycles. The number of rotatable bonds is 8. The Kier molecular flexibility index (Phi) is 6.97. The first-order chi connectivity index (χ1) is 18.7. The normalized spacial score (nSPS) is 16.3. The summed E-state index contributed by atoms with van der Waals surface area (Å²) in [4.78, 5) is 14.0. The summed E-state index contributed by atoms with van der Waals surface area (Å²) in [5, 5.41) is 16.4. The van der Waals surface area contributed by atoms with Gasteiger partial charge in [0.25, 0.3) is 5.91 Å². The second-order valence-corrected chi connectivity index (χ2v) is 10.9. The molecule has 5 rings (SSSR count). The van der Waals surface area contributed by atoms with Crippen molar-refractivity contribution in [2.45, 2.75) is 71.0 Å². The van der Waals surface area contributed by atoms with E-state index in [2.05, 4.69) is 74.6 Å². The zero-order chi connectivity index (χ0) is 27.8. The van der Waals surface area contributed by atoms with Gasteiger partial charge in [-0.15, -0.1) is 0 Å². The molecule has 39 heavy (non-hydrogen) atoms. The molecule has 8 nitrogen and oxygen atoms in total. The number of amides is 1. The Morgan fingerprint density at radius 3 is 2.41 bits per heavy atom. The van der Waals surface area contributed by atoms with E-state index in [1.165, 1.54) is 5.56 Å². The lowest BCUT2D eigenvalue weighted by molar-refractivity contribution is 0.0889. The molecule has 0 aliphatic carbocycles. The van der Waals surface area contributed by atoms with Crippen molar-refractivity contribution in [3.63, 3.8) is 0 Å². The van der Waals surface area contributed by atoms with Crippen LogP contribution in [0, 0.1) is 6.92 Å². The molecule has 204 valence electrons. The minimum absolute atomic E-state index is 0.0871. The lowest BCUT2D eigenvalue weighted by Gasteiger charge is -2.38. The summed E-state index contributed by atoms with van der Waals surface area (Å²) in [6.45, 7) is 10.6. The highest BCUT2D eigenvalue weighted by Crippen LogP contribution is 2.40. The number of hydrogen-bond donors (Lipinski definition) is 2. The Morgan fingerprint density at radius 1 is 1.08 bits per heavy atom. The Balaban J connectivity index is 1.46. The van der Waals surface area contributed by atoms with Crippen LogP contribution in [0.3, 0.4) is 0 Å². The number of nitrogens with zero attached hydrogens (tertiary/aromatic N) is 4. The Labute approximate surface area is 230 Å². The van der Waals surface area contributed by atoms with Crippen LogP contribution in [0.2, 0.25) is 0 Å². The fourth-order valence-electron chi connectivity index (χ4n) is 5.82. The highest BCUT2D eigenvalue weighted by molar-refractivity contribution is 5.99. The smallest absolute Gasteiger partial charge is 0.257 e. The van der Waals surface area contributed by atoms with Crippen LogP contribution in [0.4, 0.5) is 5.82 Å². The van der Waals surface area contributed by atoms with Crippen molar-refractivity contribution in [2.24, 2.45) is 0 Å². The number of carbonyl (C=O) groups excluding carboxylic acids is 1. The molecule has 1 atom stereocenters. The standard InChI is InChI=1S/C31H38N6O2/c1-7-31(8-2,26-20-32-36(21(26)3)23-14-16-24(39-6)17-15-23)35-29(38)25-19-33-37-28(25)34-27(18-30(37,4)5)22-12-10-9-11-13-22/h9-17,19-20,27,34H,7-8,18H2,1-6H3,(H,35,38). The third-order valence-corrected chi connectivity index (χ3v) is 8.21. The van der Waals surface area contributed by atoms with Crippen LogP contribution >= 0.6 is 0 Å². The van der Waals surface area contributed by atoms with Crippen molar-refractivity contribution in [3.8, 4) is 11.4 Å². The number of carbonyl (C=O) groups is 1. The molecule has 3 heterocycles. The molecule has 1 aliphatic rings. The van der Waals surface area contributed by atoms with Gasteiger partial charge in [0.1, 0.15) is 17.1 Å². The van der Waals surface area contributed by atoms with Gasteiger partial charge in [0, 0.05) is 11.3 Å². The maximum absolute atomic E-state index is 14.0. The first kappa shape index (κ1) is 26.5. The summed E-state index contributed by atoms with van der Waals surface area (Å²) in [5.74, 6) is 1.40. The topological polar surface area (TPSA) is 86.0 Å². The van der Waals surface area contributed by atoms with E-state index in [4.69, 9.17) is 9.84 Å². The molecule has 0 bridgehead atoms. The van der Waals surface area contributed by atoms with Crippen LogP contribution in [0.15, 0.2) is 67.0 Å². The number of fused-ring (bicyclic) bond motifs is 1. The summed E-state index contributed by atoms with van der Waals surface area (Å²) in [6.07, 6.45) is 5.88. The van der Waals surface area contributed by atoms with Gasteiger partial charge < -0.3 is 15.4 Å². The number of benzene rings is 2. The van der Waals surface area contributed by atoms with E-state index in [-0.39, 0.29) is 17.5 Å². The molecule has 0 saturated heterocycles. The Hall–Kier alpha value is -4.07. The number of anilines is 1.